The van der Waals surface area contributed by atoms with Crippen molar-refractivity contribution in [3.05, 3.63) is 114 Å². The predicted octanol–water partition coefficient (Wildman–Crippen LogP) is 8.03. The molecule has 6 aromatic rings. The normalized spacial score (nSPS) is 11.1. The third-order valence-corrected chi connectivity index (χ3v) is 6.52. The van der Waals surface area contributed by atoms with Crippen molar-refractivity contribution < 1.29 is 20.1 Å². The number of benzene rings is 4. The van der Waals surface area contributed by atoms with Crippen LogP contribution in [0.15, 0.2) is 91.6 Å². The largest absolute Gasteiger partial charge is 0.339 e. The van der Waals surface area contributed by atoms with Crippen LogP contribution in [0.1, 0.15) is 16.7 Å². The minimum atomic E-state index is 0. The summed E-state index contributed by atoms with van der Waals surface area (Å²) in [5.41, 5.74) is 10.3. The number of aryl methyl sites for hydroxylation is 2. The number of pyridine rings is 1. The molecule has 0 aliphatic heterocycles. The van der Waals surface area contributed by atoms with Crippen LogP contribution in [-0.4, -0.2) is 9.38 Å². The summed E-state index contributed by atoms with van der Waals surface area (Å²) in [6, 6.07) is 31.2. The van der Waals surface area contributed by atoms with Crippen LogP contribution >= 0.6 is 0 Å². The van der Waals surface area contributed by atoms with Crippen molar-refractivity contribution in [2.24, 2.45) is 0 Å². The van der Waals surface area contributed by atoms with Crippen LogP contribution in [0.2, 0.25) is 0 Å². The van der Waals surface area contributed by atoms with Crippen LogP contribution in [0.3, 0.4) is 0 Å². The molecule has 4 aromatic carbocycles. The van der Waals surface area contributed by atoms with Crippen LogP contribution in [-0.2, 0) is 20.1 Å². The third-order valence-electron chi connectivity index (χ3n) is 6.52. The number of hydrogen-bond donors (Lipinski definition) is 0. The topological polar surface area (TPSA) is 17.3 Å². The Labute approximate surface area is 212 Å². The van der Waals surface area contributed by atoms with E-state index in [9.17, 15) is 0 Å². The van der Waals surface area contributed by atoms with Crippen LogP contribution in [0.4, 0.5) is 0 Å². The fourth-order valence-corrected chi connectivity index (χ4v) is 4.85. The van der Waals surface area contributed by atoms with Gasteiger partial charge in [-0.1, -0.05) is 72.6 Å². The predicted molar refractivity (Wildman–Crippen MR) is 139 cm³/mol. The smallest absolute Gasteiger partial charge is 0.0774 e. The summed E-state index contributed by atoms with van der Waals surface area (Å²) in [5, 5.41) is 3.43. The van der Waals surface area contributed by atoms with Gasteiger partial charge in [-0.3, -0.25) is 4.98 Å². The first-order chi connectivity index (χ1) is 16.1. The summed E-state index contributed by atoms with van der Waals surface area (Å²) in [6.07, 6.45) is 4.05. The van der Waals surface area contributed by atoms with Crippen molar-refractivity contribution in [3.8, 4) is 22.4 Å². The maximum absolute atomic E-state index is 5.09. The van der Waals surface area contributed by atoms with Gasteiger partial charge in [0.15, 0.2) is 0 Å². The van der Waals surface area contributed by atoms with E-state index in [0.717, 1.165) is 27.9 Å². The molecule has 0 amide bonds. The second kappa shape index (κ2) is 8.68. The van der Waals surface area contributed by atoms with Gasteiger partial charge in [0.1, 0.15) is 0 Å². The molecule has 0 saturated carbocycles. The van der Waals surface area contributed by atoms with Crippen molar-refractivity contribution in [1.82, 2.24) is 9.38 Å². The number of nitrogens with zero attached hydrogens (tertiary/aromatic N) is 2. The van der Waals surface area contributed by atoms with E-state index in [1.807, 2.05) is 12.1 Å². The summed E-state index contributed by atoms with van der Waals surface area (Å²) in [7, 11) is 0. The minimum Gasteiger partial charge on any atom is -0.339 e. The number of rotatable bonds is 3. The molecule has 1 radical (unpaired) electrons. The monoisotopic (exact) mass is 616 g/mol. The molecular weight excluding hydrogens is 593 g/mol. The number of aromatic nitrogens is 2. The van der Waals surface area contributed by atoms with Gasteiger partial charge in [0, 0.05) is 37.4 Å². The molecule has 0 bridgehead atoms. The first-order valence-electron chi connectivity index (χ1n) is 11.2. The van der Waals surface area contributed by atoms with Crippen LogP contribution in [0.25, 0.3) is 55.8 Å². The SMILES string of the molecule is C=Cc1ccc(-c2cc(C)c3c(c2)c2ccc[c-]c2c2nc(-c4ccccc4C)cn23)cc1.[Ir]. The van der Waals surface area contributed by atoms with Gasteiger partial charge in [-0.05, 0) is 53.1 Å². The van der Waals surface area contributed by atoms with E-state index >= 15 is 0 Å². The molecule has 0 atom stereocenters. The molecule has 0 fully saturated rings. The molecule has 0 aliphatic rings. The molecule has 0 unspecified atom stereocenters. The van der Waals surface area contributed by atoms with E-state index in [1.54, 1.807) is 0 Å². The van der Waals surface area contributed by atoms with E-state index in [-0.39, 0.29) is 20.1 Å². The Morgan fingerprint density at radius 1 is 0.853 bits per heavy atom. The van der Waals surface area contributed by atoms with E-state index in [0.29, 0.717) is 0 Å². The summed E-state index contributed by atoms with van der Waals surface area (Å²) in [4.78, 5) is 5.09. The molecule has 2 aromatic heterocycles. The summed E-state index contributed by atoms with van der Waals surface area (Å²) in [6.45, 7) is 8.19. The van der Waals surface area contributed by atoms with Gasteiger partial charge >= 0.3 is 0 Å². The third kappa shape index (κ3) is 3.49. The number of hydrogen-bond acceptors (Lipinski definition) is 1. The molecule has 0 N–H and O–H groups in total. The molecule has 167 valence electrons. The molecular formula is C31H23IrN2-. The number of imidazole rings is 1. The van der Waals surface area contributed by atoms with Gasteiger partial charge < -0.3 is 4.40 Å². The average molecular weight is 616 g/mol. The van der Waals surface area contributed by atoms with Crippen LogP contribution in [0.5, 0.6) is 0 Å². The average Bonchev–Trinajstić information content (AvgIpc) is 3.29. The minimum absolute atomic E-state index is 0. The van der Waals surface area contributed by atoms with Crippen molar-refractivity contribution in [1.29, 1.82) is 0 Å². The summed E-state index contributed by atoms with van der Waals surface area (Å²) >= 11 is 0. The van der Waals surface area contributed by atoms with E-state index in [1.165, 1.54) is 38.5 Å². The van der Waals surface area contributed by atoms with Gasteiger partial charge in [-0.15, -0.1) is 29.7 Å². The Kier molecular flexibility index (Phi) is 5.69. The Hall–Kier alpha value is -3.52. The Bertz CT molecular complexity index is 1690. The van der Waals surface area contributed by atoms with Gasteiger partial charge in [-0.25, -0.2) is 0 Å². The maximum atomic E-state index is 5.09. The Morgan fingerprint density at radius 2 is 1.65 bits per heavy atom. The second-order valence-corrected chi connectivity index (χ2v) is 8.61. The second-order valence-electron chi connectivity index (χ2n) is 8.61. The maximum Gasteiger partial charge on any atom is 0.0774 e. The van der Waals surface area contributed by atoms with Crippen molar-refractivity contribution in [2.75, 3.05) is 0 Å². The van der Waals surface area contributed by atoms with Gasteiger partial charge in [0.05, 0.1) is 11.3 Å². The Balaban J connectivity index is 0.00000241. The molecule has 0 aliphatic carbocycles. The molecule has 3 heteroatoms. The van der Waals surface area contributed by atoms with Crippen molar-refractivity contribution in [2.45, 2.75) is 13.8 Å². The van der Waals surface area contributed by atoms with E-state index in [2.05, 4.69) is 110 Å². The van der Waals surface area contributed by atoms with E-state index < -0.39 is 0 Å². The van der Waals surface area contributed by atoms with Gasteiger partial charge in [-0.2, -0.15) is 0 Å². The molecule has 2 heterocycles. The molecule has 0 saturated heterocycles. The van der Waals surface area contributed by atoms with E-state index in [4.69, 9.17) is 4.98 Å². The first kappa shape index (κ1) is 22.3. The van der Waals surface area contributed by atoms with Crippen molar-refractivity contribution >= 4 is 33.4 Å². The Morgan fingerprint density at radius 3 is 2.41 bits per heavy atom. The fraction of sp³-hybridized carbons (Fsp3) is 0.0645. The number of fused-ring (bicyclic) bond motifs is 6. The summed E-state index contributed by atoms with van der Waals surface area (Å²) in [5.74, 6) is 0. The van der Waals surface area contributed by atoms with Crippen LogP contribution < -0.4 is 0 Å². The zero-order valence-corrected chi connectivity index (χ0v) is 21.5. The quantitative estimate of drug-likeness (QED) is 0.146. The molecule has 0 spiro atoms. The summed E-state index contributed by atoms with van der Waals surface area (Å²) < 4.78 is 2.25. The van der Waals surface area contributed by atoms with Gasteiger partial charge in [0.25, 0.3) is 0 Å². The zero-order valence-electron chi connectivity index (χ0n) is 19.1. The zero-order chi connectivity index (χ0) is 22.5. The standard InChI is InChI=1S/C31H23N2.Ir/c1-4-22-13-15-23(16-14-22)24-17-21(3)30-28(18-24)26-11-7-8-12-27(26)31-32-29(19-33(30)31)25-10-6-5-9-20(25)2;/h4-11,13-19H,1H2,2-3H3;/q-1;. The molecule has 2 nitrogen and oxygen atoms in total. The molecule has 6 rings (SSSR count). The van der Waals surface area contributed by atoms with Gasteiger partial charge in [0.2, 0.25) is 0 Å². The molecule has 34 heavy (non-hydrogen) atoms. The first-order valence-corrected chi connectivity index (χ1v) is 11.2. The van der Waals surface area contributed by atoms with Crippen molar-refractivity contribution in [3.63, 3.8) is 0 Å². The fourth-order valence-electron chi connectivity index (χ4n) is 4.85. The van der Waals surface area contributed by atoms with Crippen LogP contribution in [0, 0.1) is 19.9 Å².